The molecule has 0 radical (unpaired) electrons. The van der Waals surface area contributed by atoms with Crippen LogP contribution in [0.1, 0.15) is 142 Å². The van der Waals surface area contributed by atoms with E-state index in [1.807, 2.05) is 30.3 Å². The van der Waals surface area contributed by atoms with Crippen molar-refractivity contribution in [2.24, 2.45) is 40.9 Å². The standard InChI is InChI=1S/C60H81N13O6S/c1-5-7-9-11-13-15-17-19-21-23-35-64-42-25-30-49(47(61)37-42)68-66-44-27-32-51(55(39-44)78-3)70-72-53-34-29-46-57(80(75,76)77)41-54(59(63)58(46)60(53)74)73-71-52-33-28-45(40-56(52)79-4)67-69-50-31-26-43(38-48(50)62)65-36-24-22-20-18-16-14-12-10-8-6-2/h25-34,37-41,64-65,74H,5-24,35-36,61-63H2,1-4H3,(H,75,76,77). The van der Waals surface area contributed by atoms with Crippen molar-refractivity contribution in [1.82, 2.24) is 0 Å². The Morgan fingerprint density at radius 3 is 1.24 bits per heavy atom. The predicted octanol–water partition coefficient (Wildman–Crippen LogP) is 18.9. The van der Waals surface area contributed by atoms with Crippen LogP contribution in [0.4, 0.5) is 73.9 Å². The van der Waals surface area contributed by atoms with E-state index in [1.54, 1.807) is 42.5 Å². The van der Waals surface area contributed by atoms with Crippen molar-refractivity contribution in [2.75, 3.05) is 55.1 Å². The number of nitrogens with zero attached hydrogens (tertiary/aromatic N) is 8. The van der Waals surface area contributed by atoms with Crippen molar-refractivity contribution in [3.63, 3.8) is 0 Å². The summed E-state index contributed by atoms with van der Waals surface area (Å²) >= 11 is 0. The number of rotatable bonds is 35. The lowest BCUT2D eigenvalue weighted by molar-refractivity contribution is 0.416. The zero-order chi connectivity index (χ0) is 57.1. The van der Waals surface area contributed by atoms with Gasteiger partial charge in [0.2, 0.25) is 0 Å². The second-order valence-electron chi connectivity index (χ2n) is 19.9. The molecule has 0 heterocycles. The molecule has 6 aromatic carbocycles. The highest BCUT2D eigenvalue weighted by Gasteiger charge is 2.23. The number of aromatic hydroxyl groups is 1. The van der Waals surface area contributed by atoms with Gasteiger partial charge in [0.15, 0.2) is 5.75 Å². The summed E-state index contributed by atoms with van der Waals surface area (Å²) in [5, 5.41) is 52.7. The van der Waals surface area contributed by atoms with Crippen LogP contribution in [0.5, 0.6) is 17.2 Å². The molecule has 428 valence electrons. The average Bonchev–Trinajstić information content (AvgIpc) is 3.50. The van der Waals surface area contributed by atoms with Crippen molar-refractivity contribution in [3.05, 3.63) is 91.0 Å². The minimum Gasteiger partial charge on any atom is -0.505 e. The monoisotopic (exact) mass is 1110 g/mol. The summed E-state index contributed by atoms with van der Waals surface area (Å²) in [4.78, 5) is -0.574. The van der Waals surface area contributed by atoms with E-state index < -0.39 is 20.8 Å². The first-order chi connectivity index (χ1) is 38.8. The number of nitrogens with two attached hydrogens (primary N) is 3. The lowest BCUT2D eigenvalue weighted by Crippen LogP contribution is -2.01. The lowest BCUT2D eigenvalue weighted by atomic mass is 10.1. The molecule has 6 aromatic rings. The summed E-state index contributed by atoms with van der Waals surface area (Å²) in [6, 6.07) is 24.6. The molecule has 0 spiro atoms. The maximum absolute atomic E-state index is 12.7. The van der Waals surface area contributed by atoms with Crippen LogP contribution in [0, 0.1) is 0 Å². The largest absolute Gasteiger partial charge is 0.505 e. The molecule has 0 aliphatic rings. The topological polar surface area (TPSA) is 294 Å². The third-order valence-corrected chi connectivity index (χ3v) is 14.6. The summed E-state index contributed by atoms with van der Waals surface area (Å²) in [5.74, 6) is 0.0219. The van der Waals surface area contributed by atoms with Crippen LogP contribution in [0.3, 0.4) is 0 Å². The summed E-state index contributed by atoms with van der Waals surface area (Å²) in [6.07, 6.45) is 25.6. The van der Waals surface area contributed by atoms with Crippen molar-refractivity contribution < 1.29 is 27.6 Å². The van der Waals surface area contributed by atoms with E-state index >= 15 is 0 Å². The van der Waals surface area contributed by atoms with Crippen molar-refractivity contribution >= 4 is 94.8 Å². The Morgan fingerprint density at radius 1 is 0.450 bits per heavy atom. The fraction of sp³-hybridized carbons (Fsp3) is 0.433. The molecule has 0 aromatic heterocycles. The molecule has 20 heteroatoms. The number of hydrogen-bond donors (Lipinski definition) is 7. The number of nitrogen functional groups attached to an aromatic ring is 3. The molecule has 0 aliphatic carbocycles. The quantitative estimate of drug-likeness (QED) is 0.00849. The van der Waals surface area contributed by atoms with Gasteiger partial charge in [-0.2, -0.15) is 18.6 Å². The zero-order valence-corrected chi connectivity index (χ0v) is 47.8. The average molecular weight is 1110 g/mol. The molecular weight excluding hydrogens is 1030 g/mol. The van der Waals surface area contributed by atoms with Crippen LogP contribution in [0.2, 0.25) is 0 Å². The Hall–Kier alpha value is -7.71. The van der Waals surface area contributed by atoms with Crippen molar-refractivity contribution in [2.45, 2.75) is 147 Å². The van der Waals surface area contributed by atoms with Gasteiger partial charge in [0.25, 0.3) is 10.1 Å². The Kier molecular flexibility index (Phi) is 24.9. The Morgan fingerprint density at radius 2 is 0.825 bits per heavy atom. The second kappa shape index (κ2) is 32.4. The van der Waals surface area contributed by atoms with Crippen LogP contribution < -0.4 is 37.3 Å². The molecule has 0 fully saturated rings. The predicted molar refractivity (Wildman–Crippen MR) is 325 cm³/mol. The molecular formula is C60H81N13O6S. The molecule has 0 amide bonds. The number of phenolic OH excluding ortho intramolecular Hbond substituents is 1. The Balaban J connectivity index is 1.08. The fourth-order valence-corrected chi connectivity index (χ4v) is 9.81. The highest BCUT2D eigenvalue weighted by Crippen LogP contribution is 2.46. The van der Waals surface area contributed by atoms with E-state index in [2.05, 4.69) is 65.4 Å². The van der Waals surface area contributed by atoms with E-state index in [0.717, 1.165) is 43.4 Å². The van der Waals surface area contributed by atoms with E-state index in [4.69, 9.17) is 26.7 Å². The van der Waals surface area contributed by atoms with Crippen LogP contribution in [-0.2, 0) is 10.1 Å². The first kappa shape index (κ1) is 61.5. The number of unbranched alkanes of at least 4 members (excludes halogenated alkanes) is 18. The number of anilines is 5. The highest BCUT2D eigenvalue weighted by atomic mass is 32.2. The second-order valence-corrected chi connectivity index (χ2v) is 21.3. The molecule has 19 nitrogen and oxygen atoms in total. The van der Waals surface area contributed by atoms with Gasteiger partial charge in [0.1, 0.15) is 50.5 Å². The van der Waals surface area contributed by atoms with Gasteiger partial charge in [-0.25, -0.2) is 0 Å². The van der Waals surface area contributed by atoms with Crippen LogP contribution in [0.25, 0.3) is 10.8 Å². The third kappa shape index (κ3) is 19.0. The number of hydrogen-bond acceptors (Lipinski definition) is 18. The minimum atomic E-state index is -4.88. The van der Waals surface area contributed by atoms with Crippen molar-refractivity contribution in [1.29, 1.82) is 0 Å². The summed E-state index contributed by atoms with van der Waals surface area (Å²) in [7, 11) is -1.98. The molecule has 0 unspecified atom stereocenters. The van der Waals surface area contributed by atoms with Gasteiger partial charge in [0, 0.05) is 42.0 Å². The smallest absolute Gasteiger partial charge is 0.295 e. The van der Waals surface area contributed by atoms with Gasteiger partial charge < -0.3 is 42.4 Å². The number of phenols is 1. The molecule has 10 N–H and O–H groups in total. The summed E-state index contributed by atoms with van der Waals surface area (Å²) in [5.41, 5.74) is 24.0. The van der Waals surface area contributed by atoms with Gasteiger partial charge in [-0.1, -0.05) is 135 Å². The molecule has 6 rings (SSSR count). The van der Waals surface area contributed by atoms with Gasteiger partial charge in [-0.05, 0) is 85.6 Å². The van der Waals surface area contributed by atoms with Gasteiger partial charge in [-0.3, -0.25) is 4.55 Å². The number of nitrogens with one attached hydrogen (secondary N) is 2. The number of methoxy groups -OCH3 is 2. The van der Waals surface area contributed by atoms with E-state index in [1.165, 1.54) is 142 Å². The number of fused-ring (bicyclic) bond motifs is 1. The molecule has 80 heavy (non-hydrogen) atoms. The summed E-state index contributed by atoms with van der Waals surface area (Å²) in [6.45, 7) is 6.22. The van der Waals surface area contributed by atoms with Gasteiger partial charge in [-0.15, -0.1) is 30.7 Å². The Bertz CT molecular complexity index is 3180. The van der Waals surface area contributed by atoms with E-state index in [0.29, 0.717) is 39.9 Å². The Labute approximate surface area is 471 Å². The first-order valence-corrected chi connectivity index (χ1v) is 29.6. The van der Waals surface area contributed by atoms with Crippen LogP contribution in [0.15, 0.2) is 137 Å². The molecule has 0 atom stereocenters. The number of benzene rings is 6. The maximum Gasteiger partial charge on any atom is 0.295 e. The first-order valence-electron chi connectivity index (χ1n) is 28.2. The van der Waals surface area contributed by atoms with Gasteiger partial charge >= 0.3 is 0 Å². The number of ether oxygens (including phenoxy) is 2. The third-order valence-electron chi connectivity index (χ3n) is 13.7. The molecule has 0 saturated heterocycles. The lowest BCUT2D eigenvalue weighted by Gasteiger charge is -2.12. The number of azo groups is 4. The molecule has 0 saturated carbocycles. The SMILES string of the molecule is CCCCCCCCCCCCNc1ccc(N=Nc2ccc(N=Nc3cc(S(=O)(=O)O)c4ccc(N=Nc5ccc(N=Nc6ccc(NCCCCCCCCCCCC)cc6N)cc5OC)c(O)c4c3N)c(OC)c2)c(N)c1. The van der Waals surface area contributed by atoms with E-state index in [9.17, 15) is 18.1 Å². The molecule has 0 aliphatic heterocycles. The minimum absolute atomic E-state index is 0.0809. The van der Waals surface area contributed by atoms with Crippen LogP contribution >= 0.6 is 0 Å². The highest BCUT2D eigenvalue weighted by molar-refractivity contribution is 7.86. The van der Waals surface area contributed by atoms with Gasteiger partial charge in [0.05, 0.1) is 48.0 Å². The molecule has 0 bridgehead atoms. The maximum atomic E-state index is 12.7. The van der Waals surface area contributed by atoms with E-state index in [-0.39, 0.29) is 45.0 Å². The van der Waals surface area contributed by atoms with Crippen molar-refractivity contribution in [3.8, 4) is 17.2 Å². The van der Waals surface area contributed by atoms with Crippen LogP contribution in [-0.4, -0.2) is 45.4 Å². The normalized spacial score (nSPS) is 12.0. The fourth-order valence-electron chi connectivity index (χ4n) is 9.11. The summed E-state index contributed by atoms with van der Waals surface area (Å²) < 4.78 is 47.0. The zero-order valence-electron chi connectivity index (χ0n) is 47.0.